The number of nitrogens with zero attached hydrogens (tertiary/aromatic N) is 3. The molecule has 0 aromatic carbocycles. The highest BCUT2D eigenvalue weighted by atomic mass is 16.5. The molecule has 1 aliphatic rings. The molecular weight excluding hydrogens is 260 g/mol. The largest absolute Gasteiger partial charge is 0.461 e. The number of amides is 1. The number of ether oxygens (including phenoxy) is 1. The van der Waals surface area contributed by atoms with E-state index in [1.54, 1.807) is 7.05 Å². The first kappa shape index (κ1) is 14.3. The van der Waals surface area contributed by atoms with Crippen LogP contribution in [0.3, 0.4) is 0 Å². The van der Waals surface area contributed by atoms with Crippen molar-refractivity contribution in [2.45, 2.75) is 38.8 Å². The summed E-state index contributed by atoms with van der Waals surface area (Å²) in [6, 6.07) is 0.569. The Kier molecular flexibility index (Phi) is 4.54. The van der Waals surface area contributed by atoms with Crippen LogP contribution in [0.15, 0.2) is 0 Å². The van der Waals surface area contributed by atoms with Crippen molar-refractivity contribution in [3.8, 4) is 6.01 Å². The number of carbonyl (C=O) groups excluding carboxylic acids is 1. The minimum Gasteiger partial charge on any atom is -0.461 e. The van der Waals surface area contributed by atoms with Gasteiger partial charge < -0.3 is 20.7 Å². The number of anilines is 2. The van der Waals surface area contributed by atoms with Gasteiger partial charge in [-0.05, 0) is 26.7 Å². The van der Waals surface area contributed by atoms with Crippen LogP contribution in [0, 0.1) is 0 Å². The van der Waals surface area contributed by atoms with Crippen LogP contribution in [0.25, 0.3) is 0 Å². The first-order valence-electron chi connectivity index (χ1n) is 6.70. The number of carbonyl (C=O) groups is 1. The molecule has 0 aliphatic heterocycles. The van der Waals surface area contributed by atoms with Gasteiger partial charge >= 0.3 is 6.01 Å². The van der Waals surface area contributed by atoms with Gasteiger partial charge in [-0.1, -0.05) is 0 Å². The average Bonchev–Trinajstić information content (AvgIpc) is 3.19. The van der Waals surface area contributed by atoms with Crippen LogP contribution in [0.4, 0.5) is 11.9 Å². The average molecular weight is 280 g/mol. The second-order valence-corrected chi connectivity index (χ2v) is 4.88. The molecule has 2 rings (SSSR count). The van der Waals surface area contributed by atoms with Gasteiger partial charge in [-0.3, -0.25) is 4.79 Å². The predicted molar refractivity (Wildman–Crippen MR) is 74.8 cm³/mol. The molecule has 1 aromatic rings. The zero-order valence-corrected chi connectivity index (χ0v) is 11.9. The van der Waals surface area contributed by atoms with Crippen LogP contribution < -0.4 is 20.7 Å². The maximum atomic E-state index is 11.6. The van der Waals surface area contributed by atoms with E-state index in [-0.39, 0.29) is 24.6 Å². The molecule has 8 nitrogen and oxygen atoms in total. The lowest BCUT2D eigenvalue weighted by Crippen LogP contribution is -2.31. The van der Waals surface area contributed by atoms with E-state index in [4.69, 9.17) is 4.74 Å². The molecule has 3 N–H and O–H groups in total. The lowest BCUT2D eigenvalue weighted by molar-refractivity contribution is -0.119. The van der Waals surface area contributed by atoms with Crippen molar-refractivity contribution in [2.24, 2.45) is 0 Å². The fourth-order valence-corrected chi connectivity index (χ4v) is 1.48. The zero-order chi connectivity index (χ0) is 14.5. The Hall–Kier alpha value is -2.12. The standard InChI is InChI=1S/C12H20N6O2/c1-7(2)20-12-17-10(13-3)16-11(18-12)14-6-9(19)15-8-4-5-8/h7-8H,4-6H2,1-3H3,(H,15,19)(H2,13,14,16,17,18). The number of nitrogens with one attached hydrogen (secondary N) is 3. The highest BCUT2D eigenvalue weighted by Gasteiger charge is 2.23. The third-order valence-corrected chi connectivity index (χ3v) is 2.53. The van der Waals surface area contributed by atoms with Gasteiger partial charge in [-0.15, -0.1) is 0 Å². The first-order valence-corrected chi connectivity index (χ1v) is 6.70. The third kappa shape index (κ3) is 4.52. The molecule has 0 bridgehead atoms. The molecule has 0 atom stereocenters. The highest BCUT2D eigenvalue weighted by Crippen LogP contribution is 2.18. The quantitative estimate of drug-likeness (QED) is 0.664. The minimum atomic E-state index is -0.0646. The fourth-order valence-electron chi connectivity index (χ4n) is 1.48. The lowest BCUT2D eigenvalue weighted by atomic mass is 10.5. The predicted octanol–water partition coefficient (Wildman–Crippen LogP) is 0.391. The summed E-state index contributed by atoms with van der Waals surface area (Å²) in [7, 11) is 1.71. The van der Waals surface area contributed by atoms with Crippen LogP contribution in [0.1, 0.15) is 26.7 Å². The molecule has 1 aliphatic carbocycles. The Morgan fingerprint density at radius 1 is 1.30 bits per heavy atom. The second-order valence-electron chi connectivity index (χ2n) is 4.88. The highest BCUT2D eigenvalue weighted by molar-refractivity contribution is 5.80. The summed E-state index contributed by atoms with van der Waals surface area (Å²) >= 11 is 0. The van der Waals surface area contributed by atoms with Gasteiger partial charge in [0, 0.05) is 13.1 Å². The summed E-state index contributed by atoms with van der Waals surface area (Å²) in [6.07, 6.45) is 2.09. The van der Waals surface area contributed by atoms with Crippen molar-refractivity contribution in [3.63, 3.8) is 0 Å². The molecule has 0 unspecified atom stereocenters. The van der Waals surface area contributed by atoms with Gasteiger partial charge in [0.15, 0.2) is 0 Å². The summed E-state index contributed by atoms with van der Waals surface area (Å²) in [6.45, 7) is 3.91. The summed E-state index contributed by atoms with van der Waals surface area (Å²) < 4.78 is 5.44. The topological polar surface area (TPSA) is 101 Å². The zero-order valence-electron chi connectivity index (χ0n) is 11.9. The van der Waals surface area contributed by atoms with Crippen LogP contribution in [-0.2, 0) is 4.79 Å². The normalized spacial score (nSPS) is 14.0. The summed E-state index contributed by atoms with van der Waals surface area (Å²) in [4.78, 5) is 23.9. The van der Waals surface area contributed by atoms with Gasteiger partial charge in [-0.25, -0.2) is 0 Å². The Labute approximate surface area is 117 Å². The van der Waals surface area contributed by atoms with Gasteiger partial charge in [0.05, 0.1) is 12.6 Å². The Balaban J connectivity index is 1.95. The van der Waals surface area contributed by atoms with E-state index in [0.717, 1.165) is 12.8 Å². The number of hydrogen-bond donors (Lipinski definition) is 3. The molecule has 1 heterocycles. The van der Waals surface area contributed by atoms with E-state index in [2.05, 4.69) is 30.9 Å². The third-order valence-electron chi connectivity index (χ3n) is 2.53. The van der Waals surface area contributed by atoms with E-state index in [1.165, 1.54) is 0 Å². The smallest absolute Gasteiger partial charge is 0.323 e. The maximum absolute atomic E-state index is 11.6. The van der Waals surface area contributed by atoms with E-state index >= 15 is 0 Å². The molecule has 1 saturated carbocycles. The molecule has 0 saturated heterocycles. The van der Waals surface area contributed by atoms with E-state index in [9.17, 15) is 4.79 Å². The molecule has 0 radical (unpaired) electrons. The molecule has 110 valence electrons. The van der Waals surface area contributed by atoms with Gasteiger partial charge in [0.1, 0.15) is 0 Å². The van der Waals surface area contributed by atoms with Crippen molar-refractivity contribution in [2.75, 3.05) is 24.2 Å². The second kappa shape index (κ2) is 6.36. The molecule has 1 amide bonds. The molecule has 1 aromatic heterocycles. The van der Waals surface area contributed by atoms with Crippen LogP contribution >= 0.6 is 0 Å². The summed E-state index contributed by atoms with van der Waals surface area (Å²) in [5.74, 6) is 0.636. The van der Waals surface area contributed by atoms with E-state index < -0.39 is 0 Å². The Morgan fingerprint density at radius 2 is 2.00 bits per heavy atom. The van der Waals surface area contributed by atoms with Crippen molar-refractivity contribution in [1.29, 1.82) is 0 Å². The number of hydrogen-bond acceptors (Lipinski definition) is 7. The maximum Gasteiger partial charge on any atom is 0.323 e. The van der Waals surface area contributed by atoms with Gasteiger partial charge in [-0.2, -0.15) is 15.0 Å². The number of rotatable bonds is 7. The van der Waals surface area contributed by atoms with Crippen molar-refractivity contribution in [3.05, 3.63) is 0 Å². The lowest BCUT2D eigenvalue weighted by Gasteiger charge is -2.11. The number of aromatic nitrogens is 3. The molecular formula is C12H20N6O2. The Bertz CT molecular complexity index is 475. The molecule has 1 fully saturated rings. The van der Waals surface area contributed by atoms with Crippen LogP contribution in [0.5, 0.6) is 6.01 Å². The van der Waals surface area contributed by atoms with Crippen LogP contribution in [0.2, 0.25) is 0 Å². The monoisotopic (exact) mass is 280 g/mol. The van der Waals surface area contributed by atoms with E-state index in [1.807, 2.05) is 13.8 Å². The van der Waals surface area contributed by atoms with E-state index in [0.29, 0.717) is 17.9 Å². The minimum absolute atomic E-state index is 0.0341. The fraction of sp³-hybridized carbons (Fsp3) is 0.667. The van der Waals surface area contributed by atoms with Gasteiger partial charge in [0.2, 0.25) is 17.8 Å². The molecule has 8 heteroatoms. The van der Waals surface area contributed by atoms with Crippen molar-refractivity contribution >= 4 is 17.8 Å². The first-order chi connectivity index (χ1) is 9.56. The molecule has 20 heavy (non-hydrogen) atoms. The SMILES string of the molecule is CNc1nc(NCC(=O)NC2CC2)nc(OC(C)C)n1. The Morgan fingerprint density at radius 3 is 2.60 bits per heavy atom. The van der Waals surface area contributed by atoms with Crippen molar-refractivity contribution in [1.82, 2.24) is 20.3 Å². The van der Waals surface area contributed by atoms with Gasteiger partial charge in [0.25, 0.3) is 0 Å². The summed E-state index contributed by atoms with van der Waals surface area (Å²) in [5, 5.41) is 8.58. The van der Waals surface area contributed by atoms with Crippen molar-refractivity contribution < 1.29 is 9.53 Å². The summed E-state index contributed by atoms with van der Waals surface area (Å²) in [5.41, 5.74) is 0. The molecule has 0 spiro atoms. The van der Waals surface area contributed by atoms with Crippen LogP contribution in [-0.4, -0.2) is 46.6 Å².